The molecule has 4 nitrogen and oxygen atoms in total. The number of fused-ring (bicyclic) bond motifs is 2. The Morgan fingerprint density at radius 1 is 1.30 bits per heavy atom. The van der Waals surface area contributed by atoms with Gasteiger partial charge in [0.25, 0.3) is 0 Å². The van der Waals surface area contributed by atoms with E-state index in [4.69, 9.17) is 0 Å². The summed E-state index contributed by atoms with van der Waals surface area (Å²) in [4.78, 5) is 18.0. The molecule has 0 radical (unpaired) electrons. The minimum Gasteiger partial charge on any atom is -0.361 e. The summed E-state index contributed by atoms with van der Waals surface area (Å²) in [5.74, 6) is 0.178. The third-order valence-electron chi connectivity index (χ3n) is 5.26. The number of hydrogen-bond acceptors (Lipinski definition) is 2. The molecule has 120 valence electrons. The highest BCUT2D eigenvalue weighted by Crippen LogP contribution is 2.38. The van der Waals surface area contributed by atoms with Gasteiger partial charge in [-0.3, -0.25) is 4.79 Å². The fourth-order valence-corrected chi connectivity index (χ4v) is 4.04. The van der Waals surface area contributed by atoms with Crippen molar-refractivity contribution in [1.82, 2.24) is 15.2 Å². The lowest BCUT2D eigenvalue weighted by Gasteiger charge is -2.34. The Balaban J connectivity index is 1.76. The zero-order chi connectivity index (χ0) is 16.0. The van der Waals surface area contributed by atoms with E-state index in [2.05, 4.69) is 40.8 Å². The smallest absolute Gasteiger partial charge is 0.230 e. The van der Waals surface area contributed by atoms with Gasteiger partial charge in [0, 0.05) is 42.8 Å². The van der Waals surface area contributed by atoms with Crippen molar-refractivity contribution in [3.63, 3.8) is 0 Å². The van der Waals surface area contributed by atoms with Gasteiger partial charge in [-0.25, -0.2) is 0 Å². The highest BCUT2D eigenvalue weighted by Gasteiger charge is 2.33. The number of carbonyl (C=O) groups excluding carboxylic acids is 1. The number of hydrogen-bond donors (Lipinski definition) is 2. The molecule has 1 aliphatic carbocycles. The lowest BCUT2D eigenvalue weighted by Crippen LogP contribution is -2.46. The molecule has 2 heterocycles. The summed E-state index contributed by atoms with van der Waals surface area (Å²) in [5.41, 5.74) is 5.13. The van der Waals surface area contributed by atoms with Crippen LogP contribution in [0.2, 0.25) is 0 Å². The molecule has 0 bridgehead atoms. The van der Waals surface area contributed by atoms with Gasteiger partial charge >= 0.3 is 0 Å². The first kappa shape index (κ1) is 14.5. The Kier molecular flexibility index (Phi) is 3.49. The number of benzene rings is 1. The molecule has 0 saturated heterocycles. The van der Waals surface area contributed by atoms with Crippen molar-refractivity contribution < 1.29 is 4.79 Å². The van der Waals surface area contributed by atoms with Crippen LogP contribution in [0.3, 0.4) is 0 Å². The summed E-state index contributed by atoms with van der Waals surface area (Å²) in [6, 6.07) is 6.73. The number of carbonyl (C=O) groups is 1. The molecule has 0 spiro atoms. The van der Waals surface area contributed by atoms with Gasteiger partial charge < -0.3 is 15.2 Å². The molecule has 2 aliphatic rings. The van der Waals surface area contributed by atoms with Crippen molar-refractivity contribution >= 4 is 22.4 Å². The SMILES string of the molecule is CCN(CC)C(=O)[C@@H]1C=C2c3cccc4[nH]cc(c34)CC2NC1. The van der Waals surface area contributed by atoms with Gasteiger partial charge in [0.1, 0.15) is 0 Å². The number of aromatic nitrogens is 1. The zero-order valence-corrected chi connectivity index (χ0v) is 13.7. The molecule has 4 heteroatoms. The van der Waals surface area contributed by atoms with Crippen molar-refractivity contribution in [1.29, 1.82) is 0 Å². The summed E-state index contributed by atoms with van der Waals surface area (Å²) in [6.45, 7) is 6.37. The standard InChI is InChI=1S/C19H23N3O/c1-3-22(4-2)19(23)13-8-15-14-6-5-7-16-18(14)12(10-20-16)9-17(15)21-11-13/h5-8,10,13,17,20-21H,3-4,9,11H2,1-2H3/t13-,17?/m1/s1. The van der Waals surface area contributed by atoms with Gasteiger partial charge in [-0.05, 0) is 43.0 Å². The third kappa shape index (κ3) is 2.20. The maximum absolute atomic E-state index is 12.7. The van der Waals surface area contributed by atoms with E-state index in [-0.39, 0.29) is 11.8 Å². The van der Waals surface area contributed by atoms with Crippen molar-refractivity contribution in [2.75, 3.05) is 19.6 Å². The maximum Gasteiger partial charge on any atom is 0.230 e. The normalized spacial score (nSPS) is 22.6. The Labute approximate surface area is 136 Å². The van der Waals surface area contributed by atoms with Crippen LogP contribution in [0.5, 0.6) is 0 Å². The van der Waals surface area contributed by atoms with Gasteiger partial charge in [0.2, 0.25) is 5.91 Å². The second kappa shape index (κ2) is 5.53. The van der Waals surface area contributed by atoms with Crippen molar-refractivity contribution in [3.8, 4) is 0 Å². The highest BCUT2D eigenvalue weighted by molar-refractivity contribution is 5.99. The van der Waals surface area contributed by atoms with E-state index < -0.39 is 0 Å². The van der Waals surface area contributed by atoms with Crippen LogP contribution in [-0.2, 0) is 11.2 Å². The van der Waals surface area contributed by atoms with Crippen molar-refractivity contribution in [2.24, 2.45) is 5.92 Å². The second-order valence-electron chi connectivity index (χ2n) is 6.45. The van der Waals surface area contributed by atoms with Crippen LogP contribution in [0.1, 0.15) is 25.0 Å². The van der Waals surface area contributed by atoms with Gasteiger partial charge in [-0.2, -0.15) is 0 Å². The van der Waals surface area contributed by atoms with Crippen LogP contribution in [0.4, 0.5) is 0 Å². The van der Waals surface area contributed by atoms with E-state index in [0.717, 1.165) is 26.1 Å². The zero-order valence-electron chi connectivity index (χ0n) is 13.7. The Bertz CT molecular complexity index is 785. The van der Waals surface area contributed by atoms with Gasteiger partial charge in [0.05, 0.1) is 5.92 Å². The summed E-state index contributed by atoms with van der Waals surface area (Å²) in [6.07, 6.45) is 5.33. The third-order valence-corrected chi connectivity index (χ3v) is 5.26. The summed E-state index contributed by atoms with van der Waals surface area (Å²) in [7, 11) is 0. The lowest BCUT2D eigenvalue weighted by atomic mass is 9.80. The van der Waals surface area contributed by atoms with E-state index in [9.17, 15) is 4.79 Å². The van der Waals surface area contributed by atoms with Gasteiger partial charge in [-0.1, -0.05) is 18.2 Å². The minimum atomic E-state index is -0.0584. The van der Waals surface area contributed by atoms with Crippen LogP contribution in [-0.4, -0.2) is 41.5 Å². The van der Waals surface area contributed by atoms with E-state index in [1.54, 1.807) is 0 Å². The van der Waals surface area contributed by atoms with Crippen LogP contribution in [0.15, 0.2) is 30.5 Å². The highest BCUT2D eigenvalue weighted by atomic mass is 16.2. The van der Waals surface area contributed by atoms with E-state index in [1.165, 1.54) is 27.6 Å². The summed E-state index contributed by atoms with van der Waals surface area (Å²) >= 11 is 0. The van der Waals surface area contributed by atoms with Crippen molar-refractivity contribution in [3.05, 3.63) is 41.6 Å². The molecule has 1 amide bonds. The average molecular weight is 309 g/mol. The molecule has 1 aromatic carbocycles. The number of aromatic amines is 1. The molecule has 1 aromatic heterocycles. The molecule has 2 atom stereocenters. The molecule has 4 rings (SSSR count). The van der Waals surface area contributed by atoms with Crippen LogP contribution < -0.4 is 5.32 Å². The predicted octanol–water partition coefficient (Wildman–Crippen LogP) is 2.56. The maximum atomic E-state index is 12.7. The number of rotatable bonds is 3. The Morgan fingerprint density at radius 3 is 2.91 bits per heavy atom. The quantitative estimate of drug-likeness (QED) is 0.915. The van der Waals surface area contributed by atoms with Gasteiger partial charge in [-0.15, -0.1) is 0 Å². The first-order chi connectivity index (χ1) is 11.2. The lowest BCUT2D eigenvalue weighted by molar-refractivity contribution is -0.133. The fraction of sp³-hybridized carbons (Fsp3) is 0.421. The molecule has 23 heavy (non-hydrogen) atoms. The number of nitrogens with zero attached hydrogens (tertiary/aromatic N) is 1. The number of amides is 1. The van der Waals surface area contributed by atoms with E-state index >= 15 is 0 Å². The average Bonchev–Trinajstić information content (AvgIpc) is 3.00. The first-order valence-corrected chi connectivity index (χ1v) is 8.56. The molecule has 0 saturated carbocycles. The first-order valence-electron chi connectivity index (χ1n) is 8.56. The largest absolute Gasteiger partial charge is 0.361 e. The molecular weight excluding hydrogens is 286 g/mol. The topological polar surface area (TPSA) is 48.1 Å². The molecule has 2 aromatic rings. The monoisotopic (exact) mass is 309 g/mol. The predicted molar refractivity (Wildman–Crippen MR) is 93.2 cm³/mol. The fourth-order valence-electron chi connectivity index (χ4n) is 4.04. The second-order valence-corrected chi connectivity index (χ2v) is 6.45. The molecular formula is C19H23N3O. The van der Waals surface area contributed by atoms with Crippen LogP contribution in [0, 0.1) is 5.92 Å². The Hall–Kier alpha value is -2.07. The van der Waals surface area contributed by atoms with Crippen LogP contribution in [0.25, 0.3) is 16.5 Å². The van der Waals surface area contributed by atoms with E-state index in [0.29, 0.717) is 6.04 Å². The van der Waals surface area contributed by atoms with Crippen LogP contribution >= 0.6 is 0 Å². The molecule has 0 fully saturated rings. The molecule has 2 N–H and O–H groups in total. The summed E-state index contributed by atoms with van der Waals surface area (Å²) in [5, 5.41) is 4.93. The molecule has 1 aliphatic heterocycles. The minimum absolute atomic E-state index is 0.0584. The number of H-pyrrole nitrogens is 1. The summed E-state index contributed by atoms with van der Waals surface area (Å²) < 4.78 is 0. The Morgan fingerprint density at radius 2 is 2.13 bits per heavy atom. The van der Waals surface area contributed by atoms with E-state index in [1.807, 2.05) is 18.7 Å². The van der Waals surface area contributed by atoms with Crippen molar-refractivity contribution in [2.45, 2.75) is 26.3 Å². The molecule has 1 unspecified atom stereocenters. The van der Waals surface area contributed by atoms with Gasteiger partial charge in [0.15, 0.2) is 0 Å². The number of nitrogens with one attached hydrogen (secondary N) is 2.